The molecule has 2 aliphatic rings. The lowest BCUT2D eigenvalue weighted by Crippen LogP contribution is -2.47. The molecule has 0 saturated carbocycles. The molecule has 0 unspecified atom stereocenters. The Balaban J connectivity index is 1.21. The predicted octanol–water partition coefficient (Wildman–Crippen LogP) is 3.39. The first-order valence-corrected chi connectivity index (χ1v) is 9.93. The predicted molar refractivity (Wildman–Crippen MR) is 108 cm³/mol. The Bertz CT molecular complexity index is 755. The van der Waals surface area contributed by atoms with Crippen molar-refractivity contribution in [2.24, 2.45) is 0 Å². The molecule has 3 heterocycles. The third-order valence-corrected chi connectivity index (χ3v) is 5.28. The molecule has 144 valence electrons. The highest BCUT2D eigenvalue weighted by molar-refractivity contribution is 5.50. The van der Waals surface area contributed by atoms with Crippen molar-refractivity contribution >= 4 is 5.82 Å². The van der Waals surface area contributed by atoms with Crippen molar-refractivity contribution < 1.29 is 9.47 Å². The molecule has 2 aromatic rings. The van der Waals surface area contributed by atoms with Gasteiger partial charge in [0.1, 0.15) is 11.4 Å². The molecule has 2 aliphatic heterocycles. The van der Waals surface area contributed by atoms with E-state index in [-0.39, 0.29) is 5.60 Å². The molecular formula is C22H29N3O2. The molecule has 1 saturated heterocycles. The topological polar surface area (TPSA) is 37.8 Å². The van der Waals surface area contributed by atoms with Crippen molar-refractivity contribution in [1.29, 1.82) is 0 Å². The molecule has 0 radical (unpaired) electrons. The van der Waals surface area contributed by atoms with Crippen LogP contribution in [0, 0.1) is 0 Å². The summed E-state index contributed by atoms with van der Waals surface area (Å²) in [6, 6.07) is 12.3. The molecule has 27 heavy (non-hydrogen) atoms. The SMILES string of the molecule is CC1(C)Cc2cccc(OCCCN3CCN(c4ccccn4)CC3)c2O1. The van der Waals surface area contributed by atoms with Gasteiger partial charge in [0.25, 0.3) is 0 Å². The van der Waals surface area contributed by atoms with Crippen molar-refractivity contribution in [1.82, 2.24) is 9.88 Å². The first kappa shape index (κ1) is 18.1. The minimum absolute atomic E-state index is 0.130. The summed E-state index contributed by atoms with van der Waals surface area (Å²) in [5, 5.41) is 0. The van der Waals surface area contributed by atoms with Gasteiger partial charge in [-0.2, -0.15) is 0 Å². The van der Waals surface area contributed by atoms with Crippen LogP contribution in [0.3, 0.4) is 0 Å². The van der Waals surface area contributed by atoms with E-state index in [1.165, 1.54) is 5.56 Å². The Morgan fingerprint density at radius 2 is 1.93 bits per heavy atom. The van der Waals surface area contributed by atoms with Crippen LogP contribution in [0.4, 0.5) is 5.82 Å². The Morgan fingerprint density at radius 1 is 1.07 bits per heavy atom. The van der Waals surface area contributed by atoms with E-state index in [9.17, 15) is 0 Å². The van der Waals surface area contributed by atoms with Gasteiger partial charge in [0.15, 0.2) is 11.5 Å². The second-order valence-electron chi connectivity index (χ2n) is 8.00. The molecule has 0 atom stereocenters. The minimum atomic E-state index is -0.130. The Morgan fingerprint density at radius 3 is 2.70 bits per heavy atom. The third kappa shape index (κ3) is 4.35. The summed E-state index contributed by atoms with van der Waals surface area (Å²) in [5.41, 5.74) is 1.12. The van der Waals surface area contributed by atoms with Gasteiger partial charge in [-0.05, 0) is 38.5 Å². The van der Waals surface area contributed by atoms with Crippen molar-refractivity contribution in [3.8, 4) is 11.5 Å². The fourth-order valence-corrected chi connectivity index (χ4v) is 3.91. The fourth-order valence-electron chi connectivity index (χ4n) is 3.91. The van der Waals surface area contributed by atoms with E-state index in [2.05, 4.69) is 52.9 Å². The lowest BCUT2D eigenvalue weighted by Gasteiger charge is -2.35. The van der Waals surface area contributed by atoms with Gasteiger partial charge in [-0.25, -0.2) is 4.98 Å². The van der Waals surface area contributed by atoms with Crippen LogP contribution >= 0.6 is 0 Å². The van der Waals surface area contributed by atoms with Gasteiger partial charge in [0.2, 0.25) is 0 Å². The van der Waals surface area contributed by atoms with E-state index in [1.807, 2.05) is 18.3 Å². The zero-order valence-corrected chi connectivity index (χ0v) is 16.4. The van der Waals surface area contributed by atoms with Gasteiger partial charge in [-0.15, -0.1) is 0 Å². The zero-order valence-electron chi connectivity index (χ0n) is 16.4. The molecule has 5 nitrogen and oxygen atoms in total. The van der Waals surface area contributed by atoms with Crippen molar-refractivity contribution in [3.05, 3.63) is 48.2 Å². The van der Waals surface area contributed by atoms with Gasteiger partial charge in [-0.3, -0.25) is 4.90 Å². The Hall–Kier alpha value is -2.27. The number of piperazine rings is 1. The number of benzene rings is 1. The minimum Gasteiger partial charge on any atom is -0.490 e. The number of ether oxygens (including phenoxy) is 2. The van der Waals surface area contributed by atoms with Gasteiger partial charge >= 0.3 is 0 Å². The third-order valence-electron chi connectivity index (χ3n) is 5.28. The summed E-state index contributed by atoms with van der Waals surface area (Å²) in [5.74, 6) is 2.91. The molecule has 4 rings (SSSR count). The highest BCUT2D eigenvalue weighted by atomic mass is 16.5. The van der Waals surface area contributed by atoms with Crippen LogP contribution in [0.25, 0.3) is 0 Å². The van der Waals surface area contributed by atoms with E-state index < -0.39 is 0 Å². The number of hydrogen-bond acceptors (Lipinski definition) is 5. The van der Waals surface area contributed by atoms with E-state index in [1.54, 1.807) is 0 Å². The number of hydrogen-bond donors (Lipinski definition) is 0. The van der Waals surface area contributed by atoms with Crippen LogP contribution in [-0.2, 0) is 6.42 Å². The van der Waals surface area contributed by atoms with E-state index >= 15 is 0 Å². The maximum atomic E-state index is 6.08. The zero-order chi connectivity index (χ0) is 18.7. The quantitative estimate of drug-likeness (QED) is 0.732. The smallest absolute Gasteiger partial charge is 0.165 e. The molecule has 0 spiro atoms. The number of aromatic nitrogens is 1. The fraction of sp³-hybridized carbons (Fsp3) is 0.500. The van der Waals surface area contributed by atoms with Gasteiger partial charge in [0.05, 0.1) is 6.61 Å². The van der Waals surface area contributed by atoms with Crippen LogP contribution in [0.2, 0.25) is 0 Å². The van der Waals surface area contributed by atoms with Crippen LogP contribution in [0.1, 0.15) is 25.8 Å². The summed E-state index contributed by atoms with van der Waals surface area (Å²) in [6.07, 6.45) is 3.83. The molecule has 0 amide bonds. The maximum Gasteiger partial charge on any atom is 0.165 e. The lowest BCUT2D eigenvalue weighted by atomic mass is 10.0. The van der Waals surface area contributed by atoms with E-state index in [0.29, 0.717) is 0 Å². The molecule has 1 aromatic heterocycles. The average Bonchev–Trinajstić information content (AvgIpc) is 3.01. The molecule has 0 aliphatic carbocycles. The molecular weight excluding hydrogens is 338 g/mol. The number of fused-ring (bicyclic) bond motifs is 1. The first-order chi connectivity index (χ1) is 13.1. The highest BCUT2D eigenvalue weighted by Gasteiger charge is 2.32. The van der Waals surface area contributed by atoms with Gasteiger partial charge < -0.3 is 14.4 Å². The van der Waals surface area contributed by atoms with Gasteiger partial charge in [-0.1, -0.05) is 18.2 Å². The number of nitrogens with zero attached hydrogens (tertiary/aromatic N) is 3. The molecule has 1 aromatic carbocycles. The summed E-state index contributed by atoms with van der Waals surface area (Å²) in [4.78, 5) is 9.32. The van der Waals surface area contributed by atoms with E-state index in [4.69, 9.17) is 9.47 Å². The van der Waals surface area contributed by atoms with Crippen LogP contribution in [-0.4, -0.2) is 54.8 Å². The Kier molecular flexibility index (Phi) is 5.21. The number of rotatable bonds is 6. The Labute approximate surface area is 161 Å². The monoisotopic (exact) mass is 367 g/mol. The maximum absolute atomic E-state index is 6.08. The standard InChI is InChI=1S/C22H29N3O2/c1-22(2)17-18-7-5-8-19(21(18)27-22)26-16-6-11-24-12-14-25(15-13-24)20-9-3-4-10-23-20/h3-5,7-10H,6,11-17H2,1-2H3. The van der Waals surface area contributed by atoms with Crippen molar-refractivity contribution in [3.63, 3.8) is 0 Å². The number of anilines is 1. The molecule has 5 heteroatoms. The van der Waals surface area contributed by atoms with Crippen molar-refractivity contribution in [2.75, 3.05) is 44.2 Å². The summed E-state index contributed by atoms with van der Waals surface area (Å²) < 4.78 is 12.1. The lowest BCUT2D eigenvalue weighted by molar-refractivity contribution is 0.131. The highest BCUT2D eigenvalue weighted by Crippen LogP contribution is 2.41. The van der Waals surface area contributed by atoms with Crippen molar-refractivity contribution in [2.45, 2.75) is 32.3 Å². The number of para-hydroxylation sites is 1. The van der Waals surface area contributed by atoms with Gasteiger partial charge in [0, 0.05) is 50.9 Å². The van der Waals surface area contributed by atoms with Crippen LogP contribution in [0.15, 0.2) is 42.6 Å². The largest absolute Gasteiger partial charge is 0.490 e. The summed E-state index contributed by atoms with van der Waals surface area (Å²) >= 11 is 0. The molecule has 0 N–H and O–H groups in total. The van der Waals surface area contributed by atoms with E-state index in [0.717, 1.165) is 69.5 Å². The first-order valence-electron chi connectivity index (χ1n) is 9.93. The summed E-state index contributed by atoms with van der Waals surface area (Å²) in [6.45, 7) is 10.3. The average molecular weight is 367 g/mol. The second-order valence-corrected chi connectivity index (χ2v) is 8.00. The second kappa shape index (κ2) is 7.77. The molecule has 0 bridgehead atoms. The summed E-state index contributed by atoms with van der Waals surface area (Å²) in [7, 11) is 0. The normalized spacial score (nSPS) is 18.8. The number of pyridine rings is 1. The van der Waals surface area contributed by atoms with Crippen LogP contribution in [0.5, 0.6) is 11.5 Å². The molecule has 1 fully saturated rings. The van der Waals surface area contributed by atoms with Crippen LogP contribution < -0.4 is 14.4 Å².